The van der Waals surface area contributed by atoms with Crippen molar-refractivity contribution in [1.82, 2.24) is 4.31 Å². The van der Waals surface area contributed by atoms with E-state index in [-0.39, 0.29) is 12.1 Å². The van der Waals surface area contributed by atoms with Crippen LogP contribution in [-0.4, -0.2) is 24.8 Å². The number of hydrogen-bond donors (Lipinski definition) is 0. The summed E-state index contributed by atoms with van der Waals surface area (Å²) in [5, 5.41) is 0. The minimum absolute atomic E-state index is 0.0394. The van der Waals surface area contributed by atoms with Gasteiger partial charge in [-0.2, -0.15) is 4.31 Å². The number of rotatable bonds is 4. The van der Waals surface area contributed by atoms with Crippen LogP contribution >= 0.6 is 0 Å². The SMILES string of the molecule is C=C[C@H]1[C@@H](C(C)C)N1S(=O)(=O)c1c(C)cc(C)cc1C. The summed E-state index contributed by atoms with van der Waals surface area (Å²) in [6, 6.07) is 3.82. The molecule has 4 heteroatoms. The predicted octanol–water partition coefficient (Wildman–Crippen LogP) is 3.20. The molecule has 2 rings (SSSR count). The van der Waals surface area contributed by atoms with Gasteiger partial charge in [0.15, 0.2) is 0 Å². The molecular formula is C16H23NO2S. The highest BCUT2D eigenvalue weighted by Gasteiger charge is 2.55. The van der Waals surface area contributed by atoms with Crippen molar-refractivity contribution < 1.29 is 8.42 Å². The zero-order valence-corrected chi connectivity index (χ0v) is 13.7. The van der Waals surface area contributed by atoms with Gasteiger partial charge in [0.05, 0.1) is 10.9 Å². The quantitative estimate of drug-likeness (QED) is 0.631. The molecule has 0 radical (unpaired) electrons. The molecule has 1 unspecified atom stereocenters. The maximum absolute atomic E-state index is 12.9. The molecule has 1 fully saturated rings. The molecule has 0 saturated carbocycles. The molecule has 1 heterocycles. The maximum Gasteiger partial charge on any atom is 0.244 e. The highest BCUT2D eigenvalue weighted by molar-refractivity contribution is 7.89. The minimum atomic E-state index is -3.44. The van der Waals surface area contributed by atoms with Crippen LogP contribution in [0.5, 0.6) is 0 Å². The summed E-state index contributed by atoms with van der Waals surface area (Å²) >= 11 is 0. The molecule has 0 N–H and O–H groups in total. The molecule has 1 aliphatic heterocycles. The largest absolute Gasteiger partial charge is 0.244 e. The molecule has 3 nitrogen and oxygen atoms in total. The molecule has 1 aromatic rings. The summed E-state index contributed by atoms with van der Waals surface area (Å²) in [5.41, 5.74) is 2.73. The van der Waals surface area contributed by atoms with Gasteiger partial charge in [0.1, 0.15) is 0 Å². The Labute approximate surface area is 122 Å². The van der Waals surface area contributed by atoms with Crippen LogP contribution in [0, 0.1) is 26.7 Å². The van der Waals surface area contributed by atoms with Gasteiger partial charge in [0, 0.05) is 6.04 Å². The van der Waals surface area contributed by atoms with Crippen molar-refractivity contribution in [2.45, 2.75) is 51.6 Å². The maximum atomic E-state index is 12.9. The summed E-state index contributed by atoms with van der Waals surface area (Å²) < 4.78 is 27.4. The normalized spacial score (nSPS) is 25.8. The molecule has 0 aliphatic carbocycles. The van der Waals surface area contributed by atoms with Crippen molar-refractivity contribution >= 4 is 10.0 Å². The average Bonchev–Trinajstić information content (AvgIpc) is 3.01. The second-order valence-corrected chi connectivity index (χ2v) is 7.80. The van der Waals surface area contributed by atoms with Crippen LogP contribution in [0.3, 0.4) is 0 Å². The van der Waals surface area contributed by atoms with E-state index in [2.05, 4.69) is 6.58 Å². The molecule has 0 bridgehead atoms. The van der Waals surface area contributed by atoms with Gasteiger partial charge < -0.3 is 0 Å². The van der Waals surface area contributed by atoms with Crippen LogP contribution in [0.2, 0.25) is 0 Å². The zero-order valence-electron chi connectivity index (χ0n) is 12.8. The number of hydrogen-bond acceptors (Lipinski definition) is 2. The van der Waals surface area contributed by atoms with Gasteiger partial charge in [-0.1, -0.05) is 37.6 Å². The standard InChI is InChI=1S/C16H23NO2S/c1-7-14-15(10(2)3)17(14)20(18,19)16-12(5)8-11(4)9-13(16)6/h7-10,14-15H,1H2,2-6H3/t14-,15+,17?/m0/s1. The second-order valence-electron chi connectivity index (χ2n) is 6.02. The zero-order chi connectivity index (χ0) is 15.2. The Balaban J connectivity index is 2.50. The van der Waals surface area contributed by atoms with Gasteiger partial charge in [-0.05, 0) is 37.8 Å². The summed E-state index contributed by atoms with van der Waals surface area (Å²) in [5.74, 6) is 0.291. The van der Waals surface area contributed by atoms with Crippen LogP contribution in [0.25, 0.3) is 0 Å². The lowest BCUT2D eigenvalue weighted by atomic mass is 10.1. The number of aryl methyl sites for hydroxylation is 3. The molecule has 20 heavy (non-hydrogen) atoms. The highest BCUT2D eigenvalue weighted by Crippen LogP contribution is 2.42. The number of benzene rings is 1. The lowest BCUT2D eigenvalue weighted by Gasteiger charge is -2.14. The van der Waals surface area contributed by atoms with Crippen molar-refractivity contribution in [2.24, 2.45) is 5.92 Å². The lowest BCUT2D eigenvalue weighted by Crippen LogP contribution is -2.19. The molecule has 1 saturated heterocycles. The minimum Gasteiger partial charge on any atom is -0.207 e. The van der Waals surface area contributed by atoms with E-state index < -0.39 is 10.0 Å². The molecule has 1 aromatic carbocycles. The van der Waals surface area contributed by atoms with Gasteiger partial charge >= 0.3 is 0 Å². The Kier molecular flexibility index (Phi) is 3.82. The lowest BCUT2D eigenvalue weighted by molar-refractivity contribution is 0.516. The summed E-state index contributed by atoms with van der Waals surface area (Å²) in [4.78, 5) is 0.457. The van der Waals surface area contributed by atoms with Crippen molar-refractivity contribution in [3.63, 3.8) is 0 Å². The van der Waals surface area contributed by atoms with Gasteiger partial charge in [0.25, 0.3) is 0 Å². The Hall–Kier alpha value is -1.13. The first kappa shape index (κ1) is 15.3. The van der Waals surface area contributed by atoms with Crippen LogP contribution in [0.4, 0.5) is 0 Å². The third-order valence-electron chi connectivity index (χ3n) is 3.91. The molecule has 1 aliphatic rings. The van der Waals surface area contributed by atoms with E-state index >= 15 is 0 Å². The molecule has 0 aromatic heterocycles. The van der Waals surface area contributed by atoms with Crippen LogP contribution in [-0.2, 0) is 10.0 Å². The molecular weight excluding hydrogens is 270 g/mol. The fourth-order valence-corrected chi connectivity index (χ4v) is 5.49. The van der Waals surface area contributed by atoms with E-state index in [1.165, 1.54) is 0 Å². The monoisotopic (exact) mass is 293 g/mol. The fourth-order valence-electron chi connectivity index (χ4n) is 3.18. The molecule has 0 spiro atoms. The summed E-state index contributed by atoms with van der Waals surface area (Å²) in [7, 11) is -3.44. The first-order chi connectivity index (χ1) is 9.21. The molecule has 110 valence electrons. The first-order valence-electron chi connectivity index (χ1n) is 6.95. The van der Waals surface area contributed by atoms with E-state index in [0.29, 0.717) is 10.8 Å². The number of sulfonamides is 1. The van der Waals surface area contributed by atoms with Gasteiger partial charge in [-0.3, -0.25) is 0 Å². The molecule has 3 atom stereocenters. The highest BCUT2D eigenvalue weighted by atomic mass is 32.2. The van der Waals surface area contributed by atoms with Gasteiger partial charge in [-0.15, -0.1) is 6.58 Å². The smallest absolute Gasteiger partial charge is 0.207 e. The third-order valence-corrected chi connectivity index (χ3v) is 6.11. The van der Waals surface area contributed by atoms with Crippen molar-refractivity contribution in [1.29, 1.82) is 0 Å². The Bertz CT molecular complexity index is 623. The topological polar surface area (TPSA) is 37.1 Å². The van der Waals surface area contributed by atoms with Crippen LogP contribution < -0.4 is 0 Å². The van der Waals surface area contributed by atoms with E-state index in [4.69, 9.17) is 0 Å². The van der Waals surface area contributed by atoms with Crippen LogP contribution in [0.15, 0.2) is 29.7 Å². The van der Waals surface area contributed by atoms with E-state index in [1.54, 1.807) is 10.4 Å². The molecule has 0 amide bonds. The van der Waals surface area contributed by atoms with E-state index in [0.717, 1.165) is 16.7 Å². The van der Waals surface area contributed by atoms with Gasteiger partial charge in [-0.25, -0.2) is 8.42 Å². The Morgan fingerprint density at radius 3 is 2.05 bits per heavy atom. The summed E-state index contributed by atoms with van der Waals surface area (Å²) in [6.45, 7) is 13.6. The predicted molar refractivity (Wildman–Crippen MR) is 82.3 cm³/mol. The number of nitrogens with zero attached hydrogens (tertiary/aromatic N) is 1. The van der Waals surface area contributed by atoms with Crippen molar-refractivity contribution in [2.75, 3.05) is 0 Å². The Morgan fingerprint density at radius 1 is 1.20 bits per heavy atom. The van der Waals surface area contributed by atoms with Crippen molar-refractivity contribution in [3.8, 4) is 0 Å². The van der Waals surface area contributed by atoms with Crippen molar-refractivity contribution in [3.05, 3.63) is 41.5 Å². The second kappa shape index (κ2) is 5.01. The summed E-state index contributed by atoms with van der Waals surface area (Å²) in [6.07, 6.45) is 1.74. The van der Waals surface area contributed by atoms with E-state index in [1.807, 2.05) is 46.8 Å². The van der Waals surface area contributed by atoms with Crippen LogP contribution in [0.1, 0.15) is 30.5 Å². The van der Waals surface area contributed by atoms with Gasteiger partial charge in [0.2, 0.25) is 10.0 Å². The Morgan fingerprint density at radius 2 is 1.70 bits per heavy atom. The average molecular weight is 293 g/mol. The fraction of sp³-hybridized carbons (Fsp3) is 0.500. The third kappa shape index (κ3) is 2.31. The van der Waals surface area contributed by atoms with E-state index in [9.17, 15) is 8.42 Å². The first-order valence-corrected chi connectivity index (χ1v) is 8.39.